The summed E-state index contributed by atoms with van der Waals surface area (Å²) < 4.78 is 11.3. The zero-order valence-electron chi connectivity index (χ0n) is 15.9. The summed E-state index contributed by atoms with van der Waals surface area (Å²) >= 11 is 2.02. The normalized spacial score (nSPS) is 17.1. The molecule has 0 aromatic heterocycles. The quantitative estimate of drug-likeness (QED) is 0.722. The molecule has 1 N–H and O–H groups in total. The molecule has 6 heteroatoms. The Balaban J connectivity index is 1.89. The molecule has 1 aliphatic heterocycles. The Bertz CT molecular complexity index is 521. The lowest BCUT2D eigenvalue weighted by molar-refractivity contribution is 0.0668. The zero-order valence-corrected chi connectivity index (χ0v) is 16.7. The van der Waals surface area contributed by atoms with E-state index in [4.69, 9.17) is 9.47 Å². The van der Waals surface area contributed by atoms with Gasteiger partial charge in [-0.3, -0.25) is 4.90 Å². The van der Waals surface area contributed by atoms with E-state index in [1.54, 1.807) is 7.11 Å². The van der Waals surface area contributed by atoms with Gasteiger partial charge < -0.3 is 19.5 Å². The van der Waals surface area contributed by atoms with Crippen LogP contribution in [0.25, 0.3) is 0 Å². The van der Waals surface area contributed by atoms with Gasteiger partial charge in [-0.1, -0.05) is 6.07 Å². The Hall–Kier alpha value is -0.950. The van der Waals surface area contributed by atoms with Crippen LogP contribution >= 0.6 is 11.8 Å². The number of ether oxygens (including phenoxy) is 2. The van der Waals surface area contributed by atoms with Crippen LogP contribution in [0.15, 0.2) is 18.2 Å². The van der Waals surface area contributed by atoms with Crippen LogP contribution in [0.3, 0.4) is 0 Å². The first-order valence-electron chi connectivity index (χ1n) is 8.97. The van der Waals surface area contributed by atoms with Crippen LogP contribution in [0, 0.1) is 0 Å². The number of hydrogen-bond donors (Lipinski definition) is 1. The summed E-state index contributed by atoms with van der Waals surface area (Å²) in [4.78, 5) is 4.57. The monoisotopic (exact) mass is 368 g/mol. The van der Waals surface area contributed by atoms with E-state index in [1.165, 1.54) is 17.1 Å². The van der Waals surface area contributed by atoms with Crippen LogP contribution in [-0.2, 0) is 6.54 Å². The number of aliphatic hydroxyl groups excluding tert-OH is 1. The molecule has 0 aliphatic carbocycles. The van der Waals surface area contributed by atoms with Gasteiger partial charge in [0, 0.05) is 43.7 Å². The number of thioether (sulfide) groups is 1. The van der Waals surface area contributed by atoms with Gasteiger partial charge in [-0.05, 0) is 38.6 Å². The average molecular weight is 369 g/mol. The Morgan fingerprint density at radius 3 is 2.60 bits per heavy atom. The molecule has 1 fully saturated rings. The van der Waals surface area contributed by atoms with Crippen LogP contribution in [0.4, 0.5) is 0 Å². The van der Waals surface area contributed by atoms with E-state index >= 15 is 0 Å². The van der Waals surface area contributed by atoms with Crippen molar-refractivity contribution < 1.29 is 14.6 Å². The van der Waals surface area contributed by atoms with Gasteiger partial charge in [-0.15, -0.1) is 0 Å². The van der Waals surface area contributed by atoms with Gasteiger partial charge in [0.2, 0.25) is 0 Å². The molecule has 0 saturated carbocycles. The lowest BCUT2D eigenvalue weighted by Crippen LogP contribution is -2.37. The SMILES string of the molecule is COc1cc(CN2CCSCC2)ccc1OC[C@@H](O)CN(C)C(C)C. The predicted molar refractivity (Wildman–Crippen MR) is 105 cm³/mol. The molecule has 25 heavy (non-hydrogen) atoms. The van der Waals surface area contributed by atoms with Crippen molar-refractivity contribution in [1.82, 2.24) is 9.80 Å². The molecule has 1 saturated heterocycles. The topological polar surface area (TPSA) is 45.2 Å². The second-order valence-electron chi connectivity index (χ2n) is 6.87. The summed E-state index contributed by atoms with van der Waals surface area (Å²) in [6.45, 7) is 8.29. The minimum atomic E-state index is -0.525. The highest BCUT2D eigenvalue weighted by Gasteiger charge is 2.15. The second-order valence-corrected chi connectivity index (χ2v) is 8.10. The molecule has 142 valence electrons. The van der Waals surface area contributed by atoms with E-state index in [-0.39, 0.29) is 6.61 Å². The fraction of sp³-hybridized carbons (Fsp3) is 0.684. The van der Waals surface area contributed by atoms with Gasteiger partial charge in [0.05, 0.1) is 7.11 Å². The van der Waals surface area contributed by atoms with E-state index in [1.807, 2.05) is 30.9 Å². The lowest BCUT2D eigenvalue weighted by Gasteiger charge is -2.26. The highest BCUT2D eigenvalue weighted by molar-refractivity contribution is 7.99. The molecule has 1 aliphatic rings. The fourth-order valence-electron chi connectivity index (χ4n) is 2.73. The van der Waals surface area contributed by atoms with E-state index < -0.39 is 6.10 Å². The first-order chi connectivity index (χ1) is 12.0. The molecule has 0 unspecified atom stereocenters. The summed E-state index contributed by atoms with van der Waals surface area (Å²) in [6, 6.07) is 6.48. The molecule has 0 radical (unpaired) electrons. The molecule has 0 spiro atoms. The highest BCUT2D eigenvalue weighted by Crippen LogP contribution is 2.29. The number of nitrogens with zero attached hydrogens (tertiary/aromatic N) is 2. The molecule has 5 nitrogen and oxygen atoms in total. The number of benzene rings is 1. The van der Waals surface area contributed by atoms with Crippen molar-refractivity contribution in [3.63, 3.8) is 0 Å². The second kappa shape index (κ2) is 10.3. The van der Waals surface area contributed by atoms with Gasteiger partial charge in [-0.25, -0.2) is 0 Å². The third-order valence-corrected chi connectivity index (χ3v) is 5.49. The Morgan fingerprint density at radius 2 is 1.96 bits per heavy atom. The minimum absolute atomic E-state index is 0.260. The molecule has 1 aromatic rings. The zero-order chi connectivity index (χ0) is 18.2. The summed E-state index contributed by atoms with van der Waals surface area (Å²) in [5.74, 6) is 3.84. The van der Waals surface area contributed by atoms with Crippen LogP contribution < -0.4 is 9.47 Å². The maximum absolute atomic E-state index is 10.1. The summed E-state index contributed by atoms with van der Waals surface area (Å²) in [5.41, 5.74) is 1.23. The van der Waals surface area contributed by atoms with E-state index in [9.17, 15) is 5.11 Å². The van der Waals surface area contributed by atoms with Crippen molar-refractivity contribution in [2.45, 2.75) is 32.5 Å². The van der Waals surface area contributed by atoms with E-state index in [0.29, 0.717) is 18.3 Å². The molecule has 1 heterocycles. The Labute approximate surface area is 156 Å². The summed E-state index contributed by atoms with van der Waals surface area (Å²) in [6.07, 6.45) is -0.525. The molecule has 0 amide bonds. The van der Waals surface area contributed by atoms with Crippen molar-refractivity contribution in [3.8, 4) is 11.5 Å². The average Bonchev–Trinajstić information content (AvgIpc) is 2.61. The number of rotatable bonds is 9. The van der Waals surface area contributed by atoms with Crippen molar-refractivity contribution in [2.24, 2.45) is 0 Å². The molecule has 2 rings (SSSR count). The third kappa shape index (κ3) is 6.70. The first kappa shape index (κ1) is 20.4. The maximum atomic E-state index is 10.1. The van der Waals surface area contributed by atoms with E-state index in [2.05, 4.69) is 29.7 Å². The maximum Gasteiger partial charge on any atom is 0.161 e. The number of likely N-dealkylation sites (N-methyl/N-ethyl adjacent to an activating group) is 1. The number of aliphatic hydroxyl groups is 1. The number of hydrogen-bond acceptors (Lipinski definition) is 6. The summed E-state index contributed by atoms with van der Waals surface area (Å²) in [7, 11) is 3.66. The van der Waals surface area contributed by atoms with Crippen LogP contribution in [0.2, 0.25) is 0 Å². The number of methoxy groups -OCH3 is 1. The van der Waals surface area contributed by atoms with Gasteiger partial charge in [0.25, 0.3) is 0 Å². The van der Waals surface area contributed by atoms with Gasteiger partial charge >= 0.3 is 0 Å². The predicted octanol–water partition coefficient (Wildman–Crippen LogP) is 2.32. The molecule has 1 aromatic carbocycles. The molecule has 0 bridgehead atoms. The Morgan fingerprint density at radius 1 is 1.24 bits per heavy atom. The van der Waals surface area contributed by atoms with E-state index in [0.717, 1.165) is 25.4 Å². The largest absolute Gasteiger partial charge is 0.493 e. The highest BCUT2D eigenvalue weighted by atomic mass is 32.2. The lowest BCUT2D eigenvalue weighted by atomic mass is 10.2. The smallest absolute Gasteiger partial charge is 0.161 e. The molecule has 1 atom stereocenters. The van der Waals surface area contributed by atoms with Crippen molar-refractivity contribution in [1.29, 1.82) is 0 Å². The minimum Gasteiger partial charge on any atom is -0.493 e. The van der Waals surface area contributed by atoms with Crippen molar-refractivity contribution in [3.05, 3.63) is 23.8 Å². The fourth-order valence-corrected chi connectivity index (χ4v) is 3.71. The van der Waals surface area contributed by atoms with Crippen LogP contribution in [-0.4, -0.2) is 79.0 Å². The van der Waals surface area contributed by atoms with Gasteiger partial charge in [0.1, 0.15) is 12.7 Å². The Kier molecular flexibility index (Phi) is 8.36. The first-order valence-corrected chi connectivity index (χ1v) is 10.1. The standard InChI is InChI=1S/C19H32N2O3S/c1-15(2)20(3)13-17(22)14-24-18-6-5-16(11-19(18)23-4)12-21-7-9-25-10-8-21/h5-6,11,15,17,22H,7-10,12-14H2,1-4H3/t17-/m0/s1. The van der Waals surface area contributed by atoms with Crippen molar-refractivity contribution in [2.75, 3.05) is 51.9 Å². The molecular weight excluding hydrogens is 336 g/mol. The van der Waals surface area contributed by atoms with Gasteiger partial charge in [-0.2, -0.15) is 11.8 Å². The summed E-state index contributed by atoms with van der Waals surface area (Å²) in [5, 5.41) is 10.1. The van der Waals surface area contributed by atoms with Gasteiger partial charge in [0.15, 0.2) is 11.5 Å². The van der Waals surface area contributed by atoms with Crippen LogP contribution in [0.5, 0.6) is 11.5 Å². The van der Waals surface area contributed by atoms with Crippen molar-refractivity contribution >= 4 is 11.8 Å². The third-order valence-electron chi connectivity index (χ3n) is 4.55. The van der Waals surface area contributed by atoms with Crippen LogP contribution in [0.1, 0.15) is 19.4 Å². The molecular formula is C19H32N2O3S.